The van der Waals surface area contributed by atoms with Crippen molar-refractivity contribution < 1.29 is 32.4 Å². The molecule has 0 aliphatic heterocycles. The van der Waals surface area contributed by atoms with Crippen LogP contribution < -0.4 is 10.1 Å². The van der Waals surface area contributed by atoms with Gasteiger partial charge in [0.25, 0.3) is 5.91 Å². The van der Waals surface area contributed by atoms with Crippen LogP contribution in [0, 0.1) is 17.6 Å². The summed E-state index contributed by atoms with van der Waals surface area (Å²) in [7, 11) is 0.438. The molecule has 1 heterocycles. The highest BCUT2D eigenvalue weighted by Crippen LogP contribution is 2.41. The van der Waals surface area contributed by atoms with E-state index >= 15 is 0 Å². The Balaban J connectivity index is 1.51. The van der Waals surface area contributed by atoms with E-state index in [2.05, 4.69) is 5.32 Å². The number of amides is 2. The molecule has 3 aromatic carbocycles. The van der Waals surface area contributed by atoms with Crippen LogP contribution in [-0.2, 0) is 17.3 Å². The van der Waals surface area contributed by atoms with Crippen LogP contribution in [0.25, 0.3) is 21.2 Å². The molecule has 12 heteroatoms. The lowest BCUT2D eigenvalue weighted by Gasteiger charge is -2.37. The van der Waals surface area contributed by atoms with Crippen molar-refractivity contribution in [1.82, 2.24) is 10.2 Å². The minimum Gasteiger partial charge on any atom is -0.496 e. The van der Waals surface area contributed by atoms with E-state index in [-0.39, 0.29) is 38.5 Å². The Bertz CT molecular complexity index is 1720. The fraction of sp³-hybridized carbons (Fsp3) is 0.312. The maximum Gasteiger partial charge on any atom is 0.404 e. The third-order valence-electron chi connectivity index (χ3n) is 8.08. The summed E-state index contributed by atoms with van der Waals surface area (Å²) in [4.78, 5) is 27.7. The van der Waals surface area contributed by atoms with Crippen molar-refractivity contribution in [3.05, 3.63) is 81.7 Å². The summed E-state index contributed by atoms with van der Waals surface area (Å²) in [5, 5.41) is 11.2. The normalized spacial score (nSPS) is 17.3. The first kappa shape index (κ1) is 31.9. The molecule has 0 saturated heterocycles. The molecule has 1 unspecified atom stereocenters. The molecule has 4 aromatic rings. The lowest BCUT2D eigenvalue weighted by molar-refractivity contribution is 0.0592. The van der Waals surface area contributed by atoms with Gasteiger partial charge in [0.15, 0.2) is 0 Å². The molecule has 7 nitrogen and oxygen atoms in total. The number of ether oxygens (including phenoxy) is 1. The van der Waals surface area contributed by atoms with Gasteiger partial charge in [0.05, 0.1) is 22.2 Å². The highest BCUT2D eigenvalue weighted by atomic mass is 35.5. The zero-order chi connectivity index (χ0) is 31.5. The van der Waals surface area contributed by atoms with Gasteiger partial charge >= 0.3 is 6.09 Å². The zero-order valence-corrected chi connectivity index (χ0v) is 26.5. The standard InChI is InChI=1S/C32H31ClF2N2O5S2/c1-42-26-14-7-20(19-5-10-23(11-6-19)44(2)41)15-21(26)17-37(22-8-3-18(4-9-22)16-36-32(39)40)31(38)30-28(33)27-24(34)12-13-25(35)29(27)43-30/h5-7,10-15,18,22,36H,3-4,8-9,16-17H2,1-2H3,(H,39,40). The predicted molar refractivity (Wildman–Crippen MR) is 169 cm³/mol. The molecule has 1 aromatic heterocycles. The number of carboxylic acid groups (broad SMARTS) is 1. The van der Waals surface area contributed by atoms with E-state index in [1.54, 1.807) is 18.3 Å². The summed E-state index contributed by atoms with van der Waals surface area (Å²) >= 11 is 7.39. The van der Waals surface area contributed by atoms with Gasteiger partial charge in [0.2, 0.25) is 0 Å². The SMILES string of the molecule is COc1ccc(-c2ccc(S(C)=O)cc2)cc1CN(C(=O)c1sc2c(F)ccc(F)c2c1Cl)C1CCC(CNC(=O)O)CC1. The van der Waals surface area contributed by atoms with Gasteiger partial charge in [-0.3, -0.25) is 9.00 Å². The van der Waals surface area contributed by atoms with Gasteiger partial charge in [-0.15, -0.1) is 11.3 Å². The third kappa shape index (κ3) is 6.74. The summed E-state index contributed by atoms with van der Waals surface area (Å²) < 4.78 is 46.9. The molecule has 2 amide bonds. The lowest BCUT2D eigenvalue weighted by Crippen LogP contribution is -2.43. The van der Waals surface area contributed by atoms with Gasteiger partial charge in [-0.05, 0) is 79.1 Å². The first-order valence-electron chi connectivity index (χ1n) is 14.0. The highest BCUT2D eigenvalue weighted by Gasteiger charge is 2.33. The van der Waals surface area contributed by atoms with E-state index in [4.69, 9.17) is 21.4 Å². The maximum absolute atomic E-state index is 14.7. The molecule has 232 valence electrons. The Hall–Kier alpha value is -3.54. The first-order valence-corrected chi connectivity index (χ1v) is 16.8. The minimum atomic E-state index is -1.11. The Morgan fingerprint density at radius 2 is 1.70 bits per heavy atom. The number of fused-ring (bicyclic) bond motifs is 1. The molecule has 5 rings (SSSR count). The number of benzene rings is 3. The number of hydrogen-bond acceptors (Lipinski definition) is 5. The van der Waals surface area contributed by atoms with Crippen LogP contribution in [0.1, 0.15) is 40.9 Å². The molecule has 44 heavy (non-hydrogen) atoms. The number of rotatable bonds is 9. The van der Waals surface area contributed by atoms with Gasteiger partial charge in [-0.2, -0.15) is 0 Å². The summed E-state index contributed by atoms with van der Waals surface area (Å²) in [5.74, 6) is -1.10. The smallest absolute Gasteiger partial charge is 0.404 e. The molecule has 1 aliphatic rings. The fourth-order valence-electron chi connectivity index (χ4n) is 5.73. The van der Waals surface area contributed by atoms with Crippen LogP contribution in [0.3, 0.4) is 0 Å². The molecular formula is C32H31ClF2N2O5S2. The van der Waals surface area contributed by atoms with Gasteiger partial charge in [-0.25, -0.2) is 13.6 Å². The fourth-order valence-corrected chi connectivity index (χ4v) is 7.75. The Kier molecular flexibility index (Phi) is 9.87. The Morgan fingerprint density at radius 1 is 1.05 bits per heavy atom. The number of carbonyl (C=O) groups is 2. The van der Waals surface area contributed by atoms with Gasteiger partial charge < -0.3 is 20.1 Å². The third-order valence-corrected chi connectivity index (χ3v) is 10.7. The second kappa shape index (κ2) is 13.6. The number of nitrogens with one attached hydrogen (secondary N) is 1. The van der Waals surface area contributed by atoms with E-state index in [1.165, 1.54) is 0 Å². The van der Waals surface area contributed by atoms with E-state index in [0.717, 1.165) is 40.2 Å². The van der Waals surface area contributed by atoms with Gasteiger partial charge in [0.1, 0.15) is 22.3 Å². The Morgan fingerprint density at radius 3 is 2.32 bits per heavy atom. The van der Waals surface area contributed by atoms with Crippen molar-refractivity contribution >= 4 is 55.8 Å². The van der Waals surface area contributed by atoms with E-state index in [1.807, 2.05) is 42.5 Å². The van der Waals surface area contributed by atoms with Gasteiger partial charge in [-0.1, -0.05) is 29.8 Å². The molecule has 1 aliphatic carbocycles. The van der Waals surface area contributed by atoms with Crippen LogP contribution in [0.5, 0.6) is 5.75 Å². The first-order chi connectivity index (χ1) is 21.1. The van der Waals surface area contributed by atoms with E-state index < -0.39 is 34.4 Å². The highest BCUT2D eigenvalue weighted by molar-refractivity contribution is 7.84. The number of halogens is 3. The summed E-state index contributed by atoms with van der Waals surface area (Å²) in [5.41, 5.74) is 2.49. The minimum absolute atomic E-state index is 0.0159. The van der Waals surface area contributed by atoms with Crippen molar-refractivity contribution in [2.24, 2.45) is 5.92 Å². The predicted octanol–water partition coefficient (Wildman–Crippen LogP) is 7.71. The van der Waals surface area contributed by atoms with E-state index in [9.17, 15) is 22.6 Å². The van der Waals surface area contributed by atoms with Crippen molar-refractivity contribution in [3.63, 3.8) is 0 Å². The van der Waals surface area contributed by atoms with Crippen molar-refractivity contribution in [2.45, 2.75) is 43.2 Å². The molecule has 2 N–H and O–H groups in total. The second-order valence-electron chi connectivity index (χ2n) is 10.8. The maximum atomic E-state index is 14.7. The average molecular weight is 661 g/mol. The lowest BCUT2D eigenvalue weighted by atomic mass is 9.85. The van der Waals surface area contributed by atoms with Crippen LogP contribution in [0.2, 0.25) is 5.02 Å². The van der Waals surface area contributed by atoms with Crippen LogP contribution in [0.4, 0.5) is 13.6 Å². The Labute approximate surface area is 265 Å². The van der Waals surface area contributed by atoms with Crippen LogP contribution >= 0.6 is 22.9 Å². The van der Waals surface area contributed by atoms with Crippen LogP contribution in [-0.4, -0.2) is 52.2 Å². The molecule has 1 fully saturated rings. The van der Waals surface area contributed by atoms with Crippen LogP contribution in [0.15, 0.2) is 59.5 Å². The van der Waals surface area contributed by atoms with Crippen molar-refractivity contribution in [1.29, 1.82) is 0 Å². The summed E-state index contributed by atoms with van der Waals surface area (Å²) in [6.45, 7) is 0.474. The molecule has 1 atom stereocenters. The van der Waals surface area contributed by atoms with Gasteiger partial charge in [0, 0.05) is 46.6 Å². The number of hydrogen-bond donors (Lipinski definition) is 2. The second-order valence-corrected chi connectivity index (χ2v) is 13.6. The van der Waals surface area contributed by atoms with Crippen molar-refractivity contribution in [2.75, 3.05) is 19.9 Å². The number of carbonyl (C=O) groups excluding carboxylic acids is 1. The molecule has 0 radical (unpaired) electrons. The number of thiophene rings is 1. The topological polar surface area (TPSA) is 95.9 Å². The molecular weight excluding hydrogens is 630 g/mol. The number of nitrogens with zero attached hydrogens (tertiary/aromatic N) is 1. The quantitative estimate of drug-likeness (QED) is 0.192. The summed E-state index contributed by atoms with van der Waals surface area (Å²) in [6, 6.07) is 14.8. The monoisotopic (exact) mass is 660 g/mol. The number of methoxy groups -OCH3 is 1. The van der Waals surface area contributed by atoms with Crippen molar-refractivity contribution in [3.8, 4) is 16.9 Å². The average Bonchev–Trinajstić information content (AvgIpc) is 3.38. The molecule has 1 saturated carbocycles. The molecule has 0 bridgehead atoms. The molecule has 0 spiro atoms. The van der Waals surface area contributed by atoms with E-state index in [0.29, 0.717) is 42.9 Å². The summed E-state index contributed by atoms with van der Waals surface area (Å²) in [6.07, 6.45) is 3.16. The zero-order valence-electron chi connectivity index (χ0n) is 24.1. The largest absolute Gasteiger partial charge is 0.496 e.